The lowest BCUT2D eigenvalue weighted by Gasteiger charge is -2.29. The maximum absolute atomic E-state index is 11.9. The molecule has 6 heteroatoms. The van der Waals surface area contributed by atoms with E-state index >= 15 is 0 Å². The molecule has 108 valence electrons. The largest absolute Gasteiger partial charge is 0.481 e. The molecule has 1 aromatic carbocycles. The number of carbonyl (C=O) groups is 2. The Balaban J connectivity index is 1.80. The Bertz CT molecular complexity index is 499. The van der Waals surface area contributed by atoms with E-state index in [1.807, 2.05) is 29.2 Å². The highest BCUT2D eigenvalue weighted by Crippen LogP contribution is 2.17. The predicted molar refractivity (Wildman–Crippen MR) is 84.6 cm³/mol. The topological polar surface area (TPSA) is 69.6 Å². The minimum Gasteiger partial charge on any atom is -0.481 e. The van der Waals surface area contributed by atoms with Crippen molar-refractivity contribution in [3.63, 3.8) is 0 Å². The number of piperidine rings is 1. The molecule has 0 bridgehead atoms. The van der Waals surface area contributed by atoms with Crippen LogP contribution in [0.2, 0.25) is 0 Å². The highest BCUT2D eigenvalue weighted by molar-refractivity contribution is 14.1. The molecule has 0 radical (unpaired) electrons. The highest BCUT2D eigenvalue weighted by atomic mass is 127. The van der Waals surface area contributed by atoms with E-state index in [9.17, 15) is 9.59 Å². The minimum atomic E-state index is -0.729. The van der Waals surface area contributed by atoms with Crippen molar-refractivity contribution < 1.29 is 14.7 Å². The van der Waals surface area contributed by atoms with Crippen LogP contribution in [0.25, 0.3) is 0 Å². The van der Waals surface area contributed by atoms with Gasteiger partial charge in [0.05, 0.1) is 12.5 Å². The van der Waals surface area contributed by atoms with Crippen molar-refractivity contribution in [1.82, 2.24) is 4.90 Å². The van der Waals surface area contributed by atoms with Gasteiger partial charge in [0.1, 0.15) is 0 Å². The van der Waals surface area contributed by atoms with Crippen molar-refractivity contribution in [3.8, 4) is 0 Å². The van der Waals surface area contributed by atoms with E-state index in [0.717, 1.165) is 9.26 Å². The van der Waals surface area contributed by atoms with Gasteiger partial charge in [0, 0.05) is 9.26 Å². The lowest BCUT2D eigenvalue weighted by Crippen LogP contribution is -2.40. The first-order valence-electron chi connectivity index (χ1n) is 6.55. The molecule has 1 aliphatic heterocycles. The molecule has 1 aliphatic rings. The molecule has 0 saturated carbocycles. The maximum Gasteiger partial charge on any atom is 0.306 e. The second-order valence-corrected chi connectivity index (χ2v) is 6.19. The molecule has 1 aromatic rings. The summed E-state index contributed by atoms with van der Waals surface area (Å²) in [6.07, 6.45) is 1.23. The number of carboxylic acid groups (broad SMARTS) is 1. The van der Waals surface area contributed by atoms with Crippen LogP contribution in [0.1, 0.15) is 12.8 Å². The molecule has 2 rings (SSSR count). The van der Waals surface area contributed by atoms with Gasteiger partial charge in [-0.2, -0.15) is 0 Å². The molecule has 1 heterocycles. The Hall–Kier alpha value is -1.15. The average Bonchev–Trinajstić information content (AvgIpc) is 2.39. The number of carboxylic acids is 1. The number of benzene rings is 1. The van der Waals surface area contributed by atoms with E-state index in [2.05, 4.69) is 27.9 Å². The van der Waals surface area contributed by atoms with E-state index < -0.39 is 5.97 Å². The summed E-state index contributed by atoms with van der Waals surface area (Å²) < 4.78 is 1.07. The summed E-state index contributed by atoms with van der Waals surface area (Å²) in [6.45, 7) is 1.64. The highest BCUT2D eigenvalue weighted by Gasteiger charge is 2.25. The first kappa shape index (κ1) is 15.2. The molecular formula is C14H17IN2O3. The van der Waals surface area contributed by atoms with Crippen LogP contribution >= 0.6 is 22.6 Å². The van der Waals surface area contributed by atoms with Gasteiger partial charge in [-0.05, 0) is 66.7 Å². The number of halogens is 1. The normalized spacial score (nSPS) is 16.9. The van der Waals surface area contributed by atoms with Crippen molar-refractivity contribution in [2.75, 3.05) is 25.0 Å². The lowest BCUT2D eigenvalue weighted by molar-refractivity contribution is -0.143. The number of anilines is 1. The SMILES string of the molecule is O=C(CN1CCC(C(=O)O)CC1)Nc1cccc(I)c1. The van der Waals surface area contributed by atoms with E-state index in [1.54, 1.807) is 0 Å². The van der Waals surface area contributed by atoms with Crippen LogP contribution in [0.4, 0.5) is 5.69 Å². The molecule has 1 fully saturated rings. The van der Waals surface area contributed by atoms with E-state index in [0.29, 0.717) is 32.5 Å². The smallest absolute Gasteiger partial charge is 0.306 e. The summed E-state index contributed by atoms with van der Waals surface area (Å²) in [6, 6.07) is 7.63. The van der Waals surface area contributed by atoms with Crippen LogP contribution in [-0.2, 0) is 9.59 Å². The number of rotatable bonds is 4. The first-order chi connectivity index (χ1) is 9.54. The molecule has 5 nitrogen and oxygen atoms in total. The Morgan fingerprint density at radius 1 is 1.35 bits per heavy atom. The van der Waals surface area contributed by atoms with Gasteiger partial charge in [-0.3, -0.25) is 14.5 Å². The summed E-state index contributed by atoms with van der Waals surface area (Å²) >= 11 is 2.20. The van der Waals surface area contributed by atoms with Crippen molar-refractivity contribution in [3.05, 3.63) is 27.8 Å². The lowest BCUT2D eigenvalue weighted by atomic mass is 9.97. The molecule has 20 heavy (non-hydrogen) atoms. The van der Waals surface area contributed by atoms with Gasteiger partial charge in [0.25, 0.3) is 0 Å². The molecule has 0 spiro atoms. The van der Waals surface area contributed by atoms with Crippen molar-refractivity contribution in [1.29, 1.82) is 0 Å². The number of aliphatic carboxylic acids is 1. The van der Waals surface area contributed by atoms with Gasteiger partial charge in [-0.15, -0.1) is 0 Å². The van der Waals surface area contributed by atoms with Gasteiger partial charge < -0.3 is 10.4 Å². The Morgan fingerprint density at radius 2 is 2.05 bits per heavy atom. The zero-order valence-corrected chi connectivity index (χ0v) is 13.2. The monoisotopic (exact) mass is 388 g/mol. The molecular weight excluding hydrogens is 371 g/mol. The molecule has 1 saturated heterocycles. The molecule has 2 N–H and O–H groups in total. The first-order valence-corrected chi connectivity index (χ1v) is 7.63. The van der Waals surface area contributed by atoms with E-state index in [1.165, 1.54) is 0 Å². The quantitative estimate of drug-likeness (QED) is 0.775. The van der Waals surface area contributed by atoms with Gasteiger partial charge in [-0.1, -0.05) is 6.07 Å². The fraction of sp³-hybridized carbons (Fsp3) is 0.429. The second kappa shape index (κ2) is 7.03. The second-order valence-electron chi connectivity index (χ2n) is 4.95. The van der Waals surface area contributed by atoms with Gasteiger partial charge in [0.2, 0.25) is 5.91 Å². The molecule has 0 unspecified atom stereocenters. The summed E-state index contributed by atoms with van der Waals surface area (Å²) in [5, 5.41) is 11.8. The van der Waals surface area contributed by atoms with Gasteiger partial charge >= 0.3 is 5.97 Å². The van der Waals surface area contributed by atoms with Crippen LogP contribution in [0.5, 0.6) is 0 Å². The van der Waals surface area contributed by atoms with Crippen molar-refractivity contribution >= 4 is 40.2 Å². The Morgan fingerprint density at radius 3 is 2.65 bits per heavy atom. The third kappa shape index (κ3) is 4.45. The zero-order valence-electron chi connectivity index (χ0n) is 11.0. The number of amides is 1. The summed E-state index contributed by atoms with van der Waals surface area (Å²) in [5.41, 5.74) is 0.794. The zero-order chi connectivity index (χ0) is 14.5. The summed E-state index contributed by atoms with van der Waals surface area (Å²) in [7, 11) is 0. The summed E-state index contributed by atoms with van der Waals surface area (Å²) in [5.74, 6) is -1.04. The standard InChI is InChI=1S/C14H17IN2O3/c15-11-2-1-3-12(8-11)16-13(18)9-17-6-4-10(5-7-17)14(19)20/h1-3,8,10H,4-7,9H2,(H,16,18)(H,19,20). The molecule has 0 atom stereocenters. The minimum absolute atomic E-state index is 0.0548. The van der Waals surface area contributed by atoms with Crippen LogP contribution in [0, 0.1) is 9.49 Å². The fourth-order valence-electron chi connectivity index (χ4n) is 2.31. The third-order valence-electron chi connectivity index (χ3n) is 3.41. The number of nitrogens with one attached hydrogen (secondary N) is 1. The Kier molecular flexibility index (Phi) is 5.36. The van der Waals surface area contributed by atoms with Crippen LogP contribution in [-0.4, -0.2) is 41.5 Å². The number of hydrogen-bond donors (Lipinski definition) is 2. The molecule has 0 aromatic heterocycles. The average molecular weight is 388 g/mol. The number of nitrogens with zero attached hydrogens (tertiary/aromatic N) is 1. The van der Waals surface area contributed by atoms with Gasteiger partial charge in [0.15, 0.2) is 0 Å². The number of likely N-dealkylation sites (tertiary alicyclic amines) is 1. The van der Waals surface area contributed by atoms with E-state index in [-0.39, 0.29) is 11.8 Å². The van der Waals surface area contributed by atoms with Crippen LogP contribution in [0.15, 0.2) is 24.3 Å². The number of carbonyl (C=O) groups excluding carboxylic acids is 1. The van der Waals surface area contributed by atoms with Crippen molar-refractivity contribution in [2.24, 2.45) is 5.92 Å². The Labute approximate surface area is 131 Å². The maximum atomic E-state index is 11.9. The van der Waals surface area contributed by atoms with Crippen LogP contribution < -0.4 is 5.32 Å². The molecule has 0 aliphatic carbocycles. The predicted octanol–water partition coefficient (Wildman–Crippen LogP) is 2.03. The van der Waals surface area contributed by atoms with E-state index in [4.69, 9.17) is 5.11 Å². The van der Waals surface area contributed by atoms with Crippen LogP contribution in [0.3, 0.4) is 0 Å². The van der Waals surface area contributed by atoms with Gasteiger partial charge in [-0.25, -0.2) is 0 Å². The summed E-state index contributed by atoms with van der Waals surface area (Å²) in [4.78, 5) is 24.8. The molecule has 1 amide bonds. The fourth-order valence-corrected chi connectivity index (χ4v) is 2.85. The third-order valence-corrected chi connectivity index (χ3v) is 4.08. The number of hydrogen-bond acceptors (Lipinski definition) is 3. The van der Waals surface area contributed by atoms with Crippen molar-refractivity contribution in [2.45, 2.75) is 12.8 Å².